The lowest BCUT2D eigenvalue weighted by atomic mass is 9.94. The van der Waals surface area contributed by atoms with Gasteiger partial charge in [-0.1, -0.05) is 32.0 Å². The minimum atomic E-state index is -0.427. The summed E-state index contributed by atoms with van der Waals surface area (Å²) in [5, 5.41) is 6.94. The number of rotatable bonds is 6. The zero-order valence-electron chi connectivity index (χ0n) is 13.9. The molecule has 24 heavy (non-hydrogen) atoms. The summed E-state index contributed by atoms with van der Waals surface area (Å²) in [6.07, 6.45) is 1.53. The van der Waals surface area contributed by atoms with E-state index in [2.05, 4.69) is 10.4 Å². The lowest BCUT2D eigenvalue weighted by Crippen LogP contribution is -2.49. The fraction of sp³-hybridized carbons (Fsp3) is 0.353. The first-order chi connectivity index (χ1) is 11.0. The van der Waals surface area contributed by atoms with Crippen LogP contribution >= 0.6 is 12.4 Å². The summed E-state index contributed by atoms with van der Waals surface area (Å²) in [4.78, 5) is 24.2. The fourth-order valence-electron chi connectivity index (χ4n) is 2.13. The van der Waals surface area contributed by atoms with E-state index >= 15 is 0 Å². The Morgan fingerprint density at radius 3 is 2.38 bits per heavy atom. The summed E-state index contributed by atoms with van der Waals surface area (Å²) < 4.78 is 1.21. The number of nitrogens with zero attached hydrogens (tertiary/aromatic N) is 2. The van der Waals surface area contributed by atoms with E-state index in [0.29, 0.717) is 12.2 Å². The molecule has 0 fully saturated rings. The van der Waals surface area contributed by atoms with Crippen molar-refractivity contribution in [2.75, 3.05) is 6.54 Å². The van der Waals surface area contributed by atoms with Crippen molar-refractivity contribution >= 4 is 18.3 Å². The van der Waals surface area contributed by atoms with Crippen LogP contribution in [0, 0.1) is 0 Å². The quantitative estimate of drug-likeness (QED) is 0.832. The van der Waals surface area contributed by atoms with Crippen molar-refractivity contribution < 1.29 is 4.79 Å². The smallest absolute Gasteiger partial charge is 0.271 e. The summed E-state index contributed by atoms with van der Waals surface area (Å²) >= 11 is 0. The van der Waals surface area contributed by atoms with E-state index < -0.39 is 5.54 Å². The van der Waals surface area contributed by atoms with Crippen LogP contribution in [0.15, 0.2) is 47.3 Å². The number of nitrogens with two attached hydrogens (primary N) is 1. The molecule has 0 bridgehead atoms. The Morgan fingerprint density at radius 2 is 1.79 bits per heavy atom. The highest BCUT2D eigenvalue weighted by atomic mass is 35.5. The molecule has 0 unspecified atom stereocenters. The average molecular weight is 351 g/mol. The Bertz CT molecular complexity index is 727. The average Bonchev–Trinajstić information content (AvgIpc) is 2.60. The normalized spacial score (nSPS) is 10.8. The van der Waals surface area contributed by atoms with E-state index in [0.717, 1.165) is 12.8 Å². The van der Waals surface area contributed by atoms with Crippen LogP contribution in [-0.4, -0.2) is 27.8 Å². The molecular formula is C17H23ClN4O2. The molecule has 0 atom stereocenters. The van der Waals surface area contributed by atoms with Crippen LogP contribution < -0.4 is 16.6 Å². The van der Waals surface area contributed by atoms with Crippen molar-refractivity contribution in [3.05, 3.63) is 58.5 Å². The molecule has 0 aliphatic carbocycles. The van der Waals surface area contributed by atoms with Crippen molar-refractivity contribution in [1.82, 2.24) is 15.1 Å². The molecular weight excluding hydrogens is 328 g/mol. The highest BCUT2D eigenvalue weighted by Crippen LogP contribution is 2.09. The molecule has 2 aromatic rings. The number of hydrogen-bond acceptors (Lipinski definition) is 4. The molecule has 0 saturated heterocycles. The largest absolute Gasteiger partial charge is 0.349 e. The maximum atomic E-state index is 12.3. The summed E-state index contributed by atoms with van der Waals surface area (Å²) in [5.74, 6) is -0.341. The van der Waals surface area contributed by atoms with Crippen molar-refractivity contribution in [3.8, 4) is 5.69 Å². The summed E-state index contributed by atoms with van der Waals surface area (Å²) in [5.41, 5.74) is 6.26. The van der Waals surface area contributed by atoms with Gasteiger partial charge in [-0.15, -0.1) is 12.4 Å². The number of para-hydroxylation sites is 1. The van der Waals surface area contributed by atoms with E-state index in [1.807, 2.05) is 32.0 Å². The van der Waals surface area contributed by atoms with Crippen LogP contribution in [-0.2, 0) is 0 Å². The lowest BCUT2D eigenvalue weighted by molar-refractivity contribution is 0.0935. The molecule has 0 aliphatic rings. The first-order valence-electron chi connectivity index (χ1n) is 7.72. The SMILES string of the molecule is CCC(N)(CC)CNC(=O)c1ccc(=O)n(-c2ccccc2)n1.Cl. The molecule has 6 nitrogen and oxygen atoms in total. The maximum Gasteiger partial charge on any atom is 0.271 e. The van der Waals surface area contributed by atoms with Gasteiger partial charge in [-0.25, -0.2) is 0 Å². The van der Waals surface area contributed by atoms with Gasteiger partial charge in [0.2, 0.25) is 0 Å². The Hall–Kier alpha value is -2.18. The molecule has 7 heteroatoms. The molecule has 130 valence electrons. The van der Waals surface area contributed by atoms with Gasteiger partial charge < -0.3 is 11.1 Å². The van der Waals surface area contributed by atoms with Crippen LogP contribution in [0.1, 0.15) is 37.2 Å². The minimum absolute atomic E-state index is 0. The summed E-state index contributed by atoms with van der Waals surface area (Å²) in [7, 11) is 0. The Kier molecular flexibility index (Phi) is 7.13. The predicted octanol–water partition coefficient (Wildman–Crippen LogP) is 1.90. The van der Waals surface area contributed by atoms with Crippen molar-refractivity contribution in [2.24, 2.45) is 5.73 Å². The van der Waals surface area contributed by atoms with E-state index in [9.17, 15) is 9.59 Å². The Morgan fingerprint density at radius 1 is 1.17 bits per heavy atom. The summed E-state index contributed by atoms with van der Waals surface area (Å²) in [6.45, 7) is 4.35. The van der Waals surface area contributed by atoms with Gasteiger partial charge in [0.15, 0.2) is 0 Å². The van der Waals surface area contributed by atoms with E-state index in [4.69, 9.17) is 5.73 Å². The number of carbonyl (C=O) groups excluding carboxylic acids is 1. The second-order valence-electron chi connectivity index (χ2n) is 5.56. The lowest BCUT2D eigenvalue weighted by Gasteiger charge is -2.26. The van der Waals surface area contributed by atoms with Crippen molar-refractivity contribution in [3.63, 3.8) is 0 Å². The fourth-order valence-corrected chi connectivity index (χ4v) is 2.13. The van der Waals surface area contributed by atoms with Crippen LogP contribution in [0.4, 0.5) is 0 Å². The van der Waals surface area contributed by atoms with Gasteiger partial charge in [-0.2, -0.15) is 9.78 Å². The van der Waals surface area contributed by atoms with Gasteiger partial charge in [0.1, 0.15) is 5.69 Å². The first kappa shape index (κ1) is 19.9. The monoisotopic (exact) mass is 350 g/mol. The number of carbonyl (C=O) groups is 1. The topological polar surface area (TPSA) is 90.0 Å². The van der Waals surface area contributed by atoms with E-state index in [1.54, 1.807) is 12.1 Å². The molecule has 3 N–H and O–H groups in total. The van der Waals surface area contributed by atoms with Gasteiger partial charge >= 0.3 is 0 Å². The summed E-state index contributed by atoms with van der Waals surface area (Å²) in [6, 6.07) is 11.7. The number of amides is 1. The zero-order chi connectivity index (χ0) is 16.9. The third-order valence-corrected chi connectivity index (χ3v) is 4.04. The van der Waals surface area contributed by atoms with Gasteiger partial charge in [0, 0.05) is 18.2 Å². The molecule has 0 aliphatic heterocycles. The molecule has 0 radical (unpaired) electrons. The molecule has 1 amide bonds. The minimum Gasteiger partial charge on any atom is -0.349 e. The number of benzene rings is 1. The van der Waals surface area contributed by atoms with Crippen LogP contribution in [0.25, 0.3) is 5.69 Å². The molecule has 2 rings (SSSR count). The first-order valence-corrected chi connectivity index (χ1v) is 7.72. The second-order valence-corrected chi connectivity index (χ2v) is 5.56. The van der Waals surface area contributed by atoms with Crippen LogP contribution in [0.3, 0.4) is 0 Å². The highest BCUT2D eigenvalue weighted by Gasteiger charge is 2.21. The molecule has 0 spiro atoms. The number of halogens is 1. The molecule has 1 heterocycles. The maximum absolute atomic E-state index is 12.3. The standard InChI is InChI=1S/C17H22N4O2.ClH/c1-3-17(18,4-2)12-19-16(23)14-10-11-15(22)21(20-14)13-8-6-5-7-9-13;/h5-11H,3-4,12,18H2,1-2H3,(H,19,23);1H. The third kappa shape index (κ3) is 4.66. The van der Waals surface area contributed by atoms with Crippen LogP contribution in [0.2, 0.25) is 0 Å². The number of hydrogen-bond donors (Lipinski definition) is 2. The van der Waals surface area contributed by atoms with Gasteiger partial charge in [0.25, 0.3) is 11.5 Å². The Balaban J connectivity index is 0.00000288. The number of aromatic nitrogens is 2. The van der Waals surface area contributed by atoms with E-state index in [1.165, 1.54) is 16.8 Å². The van der Waals surface area contributed by atoms with Crippen molar-refractivity contribution in [1.29, 1.82) is 0 Å². The van der Waals surface area contributed by atoms with E-state index in [-0.39, 0.29) is 29.6 Å². The van der Waals surface area contributed by atoms with Gasteiger partial charge in [-0.3, -0.25) is 9.59 Å². The third-order valence-electron chi connectivity index (χ3n) is 4.04. The second kappa shape index (κ2) is 8.61. The van der Waals surface area contributed by atoms with Crippen molar-refractivity contribution in [2.45, 2.75) is 32.2 Å². The molecule has 1 aromatic heterocycles. The predicted molar refractivity (Wildman–Crippen MR) is 96.9 cm³/mol. The van der Waals surface area contributed by atoms with Crippen LogP contribution in [0.5, 0.6) is 0 Å². The highest BCUT2D eigenvalue weighted by molar-refractivity contribution is 5.92. The number of nitrogens with one attached hydrogen (secondary N) is 1. The Labute approximate surface area is 147 Å². The van der Waals surface area contributed by atoms with Gasteiger partial charge in [0.05, 0.1) is 5.69 Å². The van der Waals surface area contributed by atoms with Gasteiger partial charge in [-0.05, 0) is 31.0 Å². The molecule has 1 aromatic carbocycles. The zero-order valence-corrected chi connectivity index (χ0v) is 14.7. The molecule has 0 saturated carbocycles.